The minimum Gasteiger partial charge on any atom is -0.507 e. The van der Waals surface area contributed by atoms with Crippen LogP contribution in [-0.2, 0) is 9.59 Å². The number of allylic oxidation sites excluding steroid dienone is 2. The maximum Gasteiger partial charge on any atom is 0.193 e. The van der Waals surface area contributed by atoms with Gasteiger partial charge in [0.15, 0.2) is 23.1 Å². The van der Waals surface area contributed by atoms with Crippen molar-refractivity contribution in [2.75, 3.05) is 0 Å². The van der Waals surface area contributed by atoms with Crippen LogP contribution in [-0.4, -0.2) is 71.3 Å². The van der Waals surface area contributed by atoms with E-state index in [1.165, 1.54) is 19.1 Å². The first kappa shape index (κ1) is 24.4. The van der Waals surface area contributed by atoms with E-state index in [1.807, 2.05) is 0 Å². The van der Waals surface area contributed by atoms with Crippen LogP contribution in [0.25, 0.3) is 5.76 Å². The van der Waals surface area contributed by atoms with E-state index in [9.17, 15) is 54.6 Å². The molecular formula is C29H20O11. The average Bonchev–Trinajstić information content (AvgIpc) is 3.12. The third kappa shape index (κ3) is 2.23. The van der Waals surface area contributed by atoms with E-state index in [-0.39, 0.29) is 11.1 Å². The van der Waals surface area contributed by atoms with Gasteiger partial charge in [-0.05, 0) is 37.6 Å². The summed E-state index contributed by atoms with van der Waals surface area (Å²) in [6, 6.07) is 2.55. The van der Waals surface area contributed by atoms with Gasteiger partial charge in [0, 0.05) is 28.7 Å². The highest BCUT2D eigenvalue weighted by molar-refractivity contribution is 6.29. The van der Waals surface area contributed by atoms with Crippen molar-refractivity contribution in [2.24, 2.45) is 5.41 Å². The average molecular weight is 544 g/mol. The van der Waals surface area contributed by atoms with Crippen molar-refractivity contribution < 1.29 is 54.6 Å². The van der Waals surface area contributed by atoms with Crippen LogP contribution in [0.4, 0.5) is 0 Å². The Hall–Kier alpha value is -4.61. The molecule has 2 bridgehead atoms. The molecule has 0 aliphatic heterocycles. The number of aryl methyl sites for hydroxylation is 1. The number of aliphatic hydroxyl groups is 3. The second-order valence-corrected chi connectivity index (χ2v) is 11.1. The number of ketones is 5. The number of hydrogen-bond acceptors (Lipinski definition) is 11. The van der Waals surface area contributed by atoms with Crippen LogP contribution in [0.1, 0.15) is 78.5 Å². The Bertz CT molecular complexity index is 1830. The van der Waals surface area contributed by atoms with Crippen LogP contribution >= 0.6 is 0 Å². The zero-order chi connectivity index (χ0) is 29.0. The monoisotopic (exact) mass is 544 g/mol. The lowest BCUT2D eigenvalue weighted by Gasteiger charge is -2.56. The van der Waals surface area contributed by atoms with Crippen LogP contribution in [0.5, 0.6) is 17.2 Å². The van der Waals surface area contributed by atoms with Crippen molar-refractivity contribution in [3.8, 4) is 17.2 Å². The Morgan fingerprint density at radius 2 is 1.52 bits per heavy atom. The quantitative estimate of drug-likeness (QED) is 0.261. The van der Waals surface area contributed by atoms with Crippen LogP contribution in [0, 0.1) is 12.3 Å². The van der Waals surface area contributed by atoms with E-state index >= 15 is 0 Å². The number of phenolic OH excluding ortho intramolecular Hbond substituents is 3. The summed E-state index contributed by atoms with van der Waals surface area (Å²) in [5.74, 6) is -12.0. The minimum absolute atomic E-state index is 0.0726. The highest BCUT2D eigenvalue weighted by atomic mass is 16.4. The molecule has 11 nitrogen and oxygen atoms in total. The van der Waals surface area contributed by atoms with E-state index in [2.05, 4.69) is 0 Å². The van der Waals surface area contributed by atoms with Crippen LogP contribution < -0.4 is 0 Å². The molecule has 0 unspecified atom stereocenters. The van der Waals surface area contributed by atoms with Gasteiger partial charge >= 0.3 is 0 Å². The Balaban J connectivity index is 1.65. The van der Waals surface area contributed by atoms with E-state index in [1.54, 1.807) is 6.92 Å². The fraction of sp³-hybridized carbons (Fsp3) is 0.276. The van der Waals surface area contributed by atoms with Gasteiger partial charge in [0.05, 0.1) is 40.2 Å². The number of carbonyl (C=O) groups excluding carboxylic acids is 5. The molecule has 40 heavy (non-hydrogen) atoms. The Kier molecular flexibility index (Phi) is 4.23. The molecule has 0 amide bonds. The molecule has 0 aromatic heterocycles. The summed E-state index contributed by atoms with van der Waals surface area (Å²) in [5, 5.41) is 68.5. The Morgan fingerprint density at radius 1 is 0.875 bits per heavy atom. The van der Waals surface area contributed by atoms with Crippen molar-refractivity contribution in [2.45, 2.75) is 43.8 Å². The summed E-state index contributed by atoms with van der Waals surface area (Å²) in [4.78, 5) is 68.0. The number of rotatable bonds is 0. The molecule has 7 rings (SSSR count). The molecule has 1 spiro atoms. The number of benzene rings is 2. The number of carbonyl (C=O) groups is 5. The molecule has 2 fully saturated rings. The van der Waals surface area contributed by atoms with Crippen molar-refractivity contribution in [3.05, 3.63) is 68.3 Å². The summed E-state index contributed by atoms with van der Waals surface area (Å²) in [5.41, 5.74) is -8.78. The smallest absolute Gasteiger partial charge is 0.193 e. The first-order valence-corrected chi connectivity index (χ1v) is 12.4. The zero-order valence-electron chi connectivity index (χ0n) is 20.9. The molecule has 0 heterocycles. The molecule has 2 saturated carbocycles. The van der Waals surface area contributed by atoms with Crippen molar-refractivity contribution in [1.82, 2.24) is 0 Å². The third-order valence-corrected chi connectivity index (χ3v) is 9.28. The SMILES string of the molecule is CC1=CC(=O)c2c(O)c3c(c(O)c2C1=O)[C@@H]1C(=O)C[C@]24C(=O)c5cc(C)cc(O)c5C(O)=C2C(=O)[C@@H]3[C@H](O)[C@]14O. The van der Waals surface area contributed by atoms with Gasteiger partial charge < -0.3 is 30.6 Å². The zero-order valence-corrected chi connectivity index (χ0v) is 20.9. The van der Waals surface area contributed by atoms with Gasteiger partial charge in [-0.1, -0.05) is 0 Å². The first-order chi connectivity index (χ1) is 18.7. The molecule has 6 N–H and O–H groups in total. The number of fused-ring (bicyclic) bond motifs is 6. The van der Waals surface area contributed by atoms with Gasteiger partial charge in [-0.15, -0.1) is 0 Å². The predicted octanol–water partition coefficient (Wildman–Crippen LogP) is 1.42. The van der Waals surface area contributed by atoms with Gasteiger partial charge in [0.2, 0.25) is 0 Å². The second-order valence-electron chi connectivity index (χ2n) is 11.1. The number of aromatic hydroxyl groups is 3. The fourth-order valence-corrected chi connectivity index (χ4v) is 7.75. The standard InChI is InChI=1S/C29H20O11/c1-7-3-9-13(10(30)4-7)24(36)20-25(37)18-15-16(19-12(32)6-28(20,26(9)38)29(19,40)27(18)39)23(35)17-14(22(15)34)11(31)5-8(2)21(17)33/h3-5,18-19,27,30,34-36,39-40H,6H2,1-2H3/t18-,19+,27+,28-,29-/m1/s1. The number of hydrogen-bond donors (Lipinski definition) is 6. The lowest BCUT2D eigenvalue weighted by Crippen LogP contribution is -2.69. The normalized spacial score (nSPS) is 31.6. The summed E-state index contributed by atoms with van der Waals surface area (Å²) in [6.07, 6.45) is -2.16. The maximum atomic E-state index is 14.2. The Labute approximate surface area is 224 Å². The third-order valence-electron chi connectivity index (χ3n) is 9.28. The molecule has 2 aromatic rings. The van der Waals surface area contributed by atoms with Gasteiger partial charge in [-0.3, -0.25) is 24.0 Å². The van der Waals surface area contributed by atoms with Crippen LogP contribution in [0.3, 0.4) is 0 Å². The molecule has 5 aliphatic carbocycles. The summed E-state index contributed by atoms with van der Waals surface area (Å²) in [7, 11) is 0. The van der Waals surface area contributed by atoms with Crippen molar-refractivity contribution in [3.63, 3.8) is 0 Å². The lowest BCUT2D eigenvalue weighted by atomic mass is 9.47. The topological polar surface area (TPSA) is 207 Å². The van der Waals surface area contributed by atoms with E-state index in [0.717, 1.165) is 6.08 Å². The number of Topliss-reactive ketones (excluding diaryl/α,β-unsaturated/α-hetero) is 4. The summed E-state index contributed by atoms with van der Waals surface area (Å²) in [6.45, 7) is 2.85. The van der Waals surface area contributed by atoms with E-state index in [4.69, 9.17) is 0 Å². The second kappa shape index (κ2) is 6.93. The first-order valence-electron chi connectivity index (χ1n) is 12.4. The molecule has 5 atom stereocenters. The summed E-state index contributed by atoms with van der Waals surface area (Å²) >= 11 is 0. The number of aliphatic hydroxyl groups excluding tert-OH is 2. The molecule has 2 aromatic carbocycles. The van der Waals surface area contributed by atoms with E-state index in [0.29, 0.717) is 5.56 Å². The molecule has 5 aliphatic rings. The lowest BCUT2D eigenvalue weighted by molar-refractivity contribution is -0.167. The van der Waals surface area contributed by atoms with Crippen LogP contribution in [0.15, 0.2) is 29.4 Å². The number of phenols is 3. The van der Waals surface area contributed by atoms with Crippen LogP contribution in [0.2, 0.25) is 0 Å². The predicted molar refractivity (Wildman–Crippen MR) is 132 cm³/mol. The fourth-order valence-electron chi connectivity index (χ4n) is 7.75. The molecule has 11 heteroatoms. The van der Waals surface area contributed by atoms with Gasteiger partial charge in [-0.25, -0.2) is 0 Å². The van der Waals surface area contributed by atoms with Crippen molar-refractivity contribution in [1.29, 1.82) is 0 Å². The maximum absolute atomic E-state index is 14.2. The largest absolute Gasteiger partial charge is 0.507 e. The summed E-state index contributed by atoms with van der Waals surface area (Å²) < 4.78 is 0. The minimum atomic E-state index is -2.82. The highest BCUT2D eigenvalue weighted by Crippen LogP contribution is 2.71. The molecule has 0 saturated heterocycles. The van der Waals surface area contributed by atoms with Gasteiger partial charge in [0.25, 0.3) is 0 Å². The van der Waals surface area contributed by atoms with E-state index < -0.39 is 121 Å². The molecular weight excluding hydrogens is 524 g/mol. The molecule has 0 radical (unpaired) electrons. The Morgan fingerprint density at radius 3 is 2.20 bits per heavy atom. The molecule has 202 valence electrons. The highest BCUT2D eigenvalue weighted by Gasteiger charge is 2.81. The van der Waals surface area contributed by atoms with Crippen molar-refractivity contribution >= 4 is 34.7 Å². The van der Waals surface area contributed by atoms with Gasteiger partial charge in [-0.2, -0.15) is 0 Å². The van der Waals surface area contributed by atoms with Gasteiger partial charge in [0.1, 0.15) is 39.8 Å².